The van der Waals surface area contributed by atoms with E-state index < -0.39 is 42.7 Å². The Balaban J connectivity index is 2.20. The third-order valence-electron chi connectivity index (χ3n) is 3.87. The molecule has 22 heavy (non-hydrogen) atoms. The molecule has 2 rings (SSSR count). The highest BCUT2D eigenvalue weighted by Crippen LogP contribution is 2.36. The molecule has 0 spiro atoms. The fourth-order valence-corrected chi connectivity index (χ4v) is 1.92. The van der Waals surface area contributed by atoms with Crippen LogP contribution in [0.1, 0.15) is 27.7 Å². The highest BCUT2D eigenvalue weighted by atomic mass is 19.4. The molecule has 1 aromatic rings. The van der Waals surface area contributed by atoms with Gasteiger partial charge in [-0.05, 0) is 45.3 Å². The quantitative estimate of drug-likeness (QED) is 0.633. The topological polar surface area (TPSA) is 27.7 Å². The third-order valence-corrected chi connectivity index (χ3v) is 3.87. The van der Waals surface area contributed by atoms with Crippen LogP contribution in [0.2, 0.25) is 0 Å². The van der Waals surface area contributed by atoms with E-state index in [1.54, 1.807) is 0 Å². The van der Waals surface area contributed by atoms with E-state index in [2.05, 4.69) is 4.74 Å². The SMILES string of the molecule is CC1(C)OB(c2ccc(F)c(OCC(F)(F)F)c2)OC1(C)C. The Bertz CT molecular complexity index is 542. The summed E-state index contributed by atoms with van der Waals surface area (Å²) in [6.07, 6.45) is -4.53. The third kappa shape index (κ3) is 3.55. The van der Waals surface area contributed by atoms with Gasteiger partial charge in [0, 0.05) is 0 Å². The van der Waals surface area contributed by atoms with Gasteiger partial charge < -0.3 is 14.0 Å². The first-order chi connectivity index (χ1) is 9.91. The van der Waals surface area contributed by atoms with E-state index in [1.807, 2.05) is 27.7 Å². The molecule has 0 amide bonds. The summed E-state index contributed by atoms with van der Waals surface area (Å²) in [7, 11) is -0.793. The normalized spacial score (nSPS) is 20.3. The number of hydrogen-bond acceptors (Lipinski definition) is 3. The molecule has 0 saturated carbocycles. The highest BCUT2D eigenvalue weighted by molar-refractivity contribution is 6.62. The Morgan fingerprint density at radius 3 is 2.14 bits per heavy atom. The zero-order chi connectivity index (χ0) is 16.8. The van der Waals surface area contributed by atoms with Gasteiger partial charge in [-0.1, -0.05) is 6.07 Å². The van der Waals surface area contributed by atoms with Crippen LogP contribution < -0.4 is 10.2 Å². The van der Waals surface area contributed by atoms with Crippen molar-refractivity contribution in [2.24, 2.45) is 0 Å². The van der Waals surface area contributed by atoms with Crippen LogP contribution in [-0.4, -0.2) is 31.1 Å². The smallest absolute Gasteiger partial charge is 0.481 e. The molecule has 8 heteroatoms. The molecule has 0 aliphatic carbocycles. The summed E-state index contributed by atoms with van der Waals surface area (Å²) in [5.74, 6) is -1.35. The van der Waals surface area contributed by atoms with E-state index in [-0.39, 0.29) is 0 Å². The second-order valence-corrected chi connectivity index (χ2v) is 6.18. The first-order valence-corrected chi connectivity index (χ1v) is 6.76. The summed E-state index contributed by atoms with van der Waals surface area (Å²) in [5.41, 5.74) is -0.796. The lowest BCUT2D eigenvalue weighted by Crippen LogP contribution is -2.41. The Hall–Kier alpha value is -1.28. The zero-order valence-electron chi connectivity index (χ0n) is 12.8. The number of hydrogen-bond donors (Lipinski definition) is 0. The second-order valence-electron chi connectivity index (χ2n) is 6.18. The molecular formula is C14H17BF4O3. The standard InChI is InChI=1S/C14H17BF4O3/c1-12(2)13(3,4)22-15(21-12)9-5-6-10(16)11(7-9)20-8-14(17,18)19/h5-7H,8H2,1-4H3. The van der Waals surface area contributed by atoms with Crippen molar-refractivity contribution in [3.05, 3.63) is 24.0 Å². The van der Waals surface area contributed by atoms with Crippen molar-refractivity contribution in [2.75, 3.05) is 6.61 Å². The predicted molar refractivity (Wildman–Crippen MR) is 73.7 cm³/mol. The monoisotopic (exact) mass is 320 g/mol. The van der Waals surface area contributed by atoms with Crippen LogP contribution in [0.3, 0.4) is 0 Å². The maximum atomic E-state index is 13.6. The van der Waals surface area contributed by atoms with Gasteiger partial charge in [-0.3, -0.25) is 0 Å². The van der Waals surface area contributed by atoms with Crippen molar-refractivity contribution >= 4 is 12.6 Å². The van der Waals surface area contributed by atoms with Crippen LogP contribution in [0.15, 0.2) is 18.2 Å². The van der Waals surface area contributed by atoms with Crippen LogP contribution in [0, 0.1) is 5.82 Å². The molecule has 1 aliphatic rings. The molecule has 1 heterocycles. The largest absolute Gasteiger partial charge is 0.494 e. The van der Waals surface area contributed by atoms with Crippen LogP contribution in [0.5, 0.6) is 5.75 Å². The second kappa shape index (κ2) is 5.42. The van der Waals surface area contributed by atoms with Gasteiger partial charge in [0.15, 0.2) is 18.2 Å². The molecular weight excluding hydrogens is 303 g/mol. The zero-order valence-corrected chi connectivity index (χ0v) is 12.8. The van der Waals surface area contributed by atoms with E-state index in [1.165, 1.54) is 12.1 Å². The van der Waals surface area contributed by atoms with Gasteiger partial charge in [0.2, 0.25) is 0 Å². The number of halogens is 4. The van der Waals surface area contributed by atoms with E-state index >= 15 is 0 Å². The minimum absolute atomic E-state index is 0.400. The van der Waals surface area contributed by atoms with E-state index in [9.17, 15) is 17.6 Å². The van der Waals surface area contributed by atoms with Gasteiger partial charge in [0.25, 0.3) is 0 Å². The predicted octanol–water partition coefficient (Wildman–Crippen LogP) is 3.07. The number of benzene rings is 1. The fourth-order valence-electron chi connectivity index (χ4n) is 1.92. The highest BCUT2D eigenvalue weighted by Gasteiger charge is 2.51. The molecule has 0 bridgehead atoms. The van der Waals surface area contributed by atoms with Crippen LogP contribution in [-0.2, 0) is 9.31 Å². The Kier molecular flexibility index (Phi) is 4.21. The van der Waals surface area contributed by atoms with Crippen molar-refractivity contribution in [3.63, 3.8) is 0 Å². The summed E-state index contributed by atoms with van der Waals surface area (Å²) in [6.45, 7) is 5.82. The van der Waals surface area contributed by atoms with E-state index in [0.717, 1.165) is 6.07 Å². The average molecular weight is 320 g/mol. The lowest BCUT2D eigenvalue weighted by Gasteiger charge is -2.32. The van der Waals surface area contributed by atoms with Crippen molar-refractivity contribution < 1.29 is 31.6 Å². The van der Waals surface area contributed by atoms with Gasteiger partial charge in [0.05, 0.1) is 11.2 Å². The Morgan fingerprint density at radius 2 is 1.64 bits per heavy atom. The first kappa shape index (κ1) is 17.1. The number of alkyl halides is 3. The molecule has 0 aromatic heterocycles. The summed E-state index contributed by atoms with van der Waals surface area (Å²) in [4.78, 5) is 0. The molecule has 122 valence electrons. The Morgan fingerprint density at radius 1 is 1.09 bits per heavy atom. The molecule has 0 radical (unpaired) electrons. The van der Waals surface area contributed by atoms with Crippen molar-refractivity contribution in [3.8, 4) is 5.75 Å². The van der Waals surface area contributed by atoms with Crippen LogP contribution >= 0.6 is 0 Å². The maximum Gasteiger partial charge on any atom is 0.494 e. The van der Waals surface area contributed by atoms with Crippen LogP contribution in [0.4, 0.5) is 17.6 Å². The van der Waals surface area contributed by atoms with Gasteiger partial charge in [-0.15, -0.1) is 0 Å². The molecule has 0 atom stereocenters. The van der Waals surface area contributed by atoms with Crippen LogP contribution in [0.25, 0.3) is 0 Å². The van der Waals surface area contributed by atoms with E-state index in [0.29, 0.717) is 5.46 Å². The molecule has 0 N–H and O–H groups in total. The number of rotatable bonds is 3. The Labute approximate surface area is 126 Å². The summed E-state index contributed by atoms with van der Waals surface area (Å²) < 4.78 is 66.1. The molecule has 1 fully saturated rings. The minimum atomic E-state index is -4.53. The molecule has 1 aliphatic heterocycles. The summed E-state index contributed by atoms with van der Waals surface area (Å²) >= 11 is 0. The first-order valence-electron chi connectivity index (χ1n) is 6.76. The van der Waals surface area contributed by atoms with Gasteiger partial charge in [-0.25, -0.2) is 4.39 Å². The fraction of sp³-hybridized carbons (Fsp3) is 0.571. The minimum Gasteiger partial charge on any atom is -0.481 e. The van der Waals surface area contributed by atoms with Crippen molar-refractivity contribution in [2.45, 2.75) is 45.1 Å². The summed E-state index contributed by atoms with van der Waals surface area (Å²) in [5, 5.41) is 0. The number of ether oxygens (including phenoxy) is 1. The molecule has 1 saturated heterocycles. The molecule has 1 aromatic carbocycles. The van der Waals surface area contributed by atoms with Crippen molar-refractivity contribution in [1.82, 2.24) is 0 Å². The lowest BCUT2D eigenvalue weighted by atomic mass is 9.79. The molecule has 3 nitrogen and oxygen atoms in total. The van der Waals surface area contributed by atoms with Crippen molar-refractivity contribution in [1.29, 1.82) is 0 Å². The molecule has 0 unspecified atom stereocenters. The summed E-state index contributed by atoms with van der Waals surface area (Å²) in [6, 6.07) is 3.60. The van der Waals surface area contributed by atoms with Gasteiger partial charge >= 0.3 is 13.3 Å². The van der Waals surface area contributed by atoms with Gasteiger partial charge in [0.1, 0.15) is 0 Å². The lowest BCUT2D eigenvalue weighted by molar-refractivity contribution is -0.153. The average Bonchev–Trinajstić information content (AvgIpc) is 2.56. The van der Waals surface area contributed by atoms with E-state index in [4.69, 9.17) is 9.31 Å². The maximum absolute atomic E-state index is 13.6. The van der Waals surface area contributed by atoms with Gasteiger partial charge in [-0.2, -0.15) is 13.2 Å².